The summed E-state index contributed by atoms with van der Waals surface area (Å²) < 4.78 is 0. The summed E-state index contributed by atoms with van der Waals surface area (Å²) in [6.45, 7) is 2.15. The average Bonchev–Trinajstić information content (AvgIpc) is 3.15. The molecular weight excluding hydrogens is 591 g/mol. The average molecular weight is 630 g/mol. The third-order valence-electron chi connectivity index (χ3n) is 10.5. The van der Waals surface area contributed by atoms with Gasteiger partial charge in [-0.25, -0.2) is 0 Å². The van der Waals surface area contributed by atoms with Crippen molar-refractivity contribution in [2.45, 2.75) is 39.0 Å². The van der Waals surface area contributed by atoms with E-state index in [0.29, 0.717) is 0 Å². The maximum absolute atomic E-state index is 2.41. The van der Waals surface area contributed by atoms with Crippen LogP contribution < -0.4 is 4.90 Å². The van der Waals surface area contributed by atoms with Crippen LogP contribution in [0.15, 0.2) is 145 Å². The molecule has 0 N–H and O–H groups in total. The van der Waals surface area contributed by atoms with E-state index in [-0.39, 0.29) is 0 Å². The van der Waals surface area contributed by atoms with E-state index in [0.717, 1.165) is 11.4 Å². The van der Waals surface area contributed by atoms with Gasteiger partial charge in [0.15, 0.2) is 0 Å². The number of hydrogen-bond acceptors (Lipinski definition) is 1. The third kappa shape index (κ3) is 5.46. The zero-order chi connectivity index (χ0) is 32.7. The Morgan fingerprint density at radius 3 is 1.61 bits per heavy atom. The van der Waals surface area contributed by atoms with E-state index in [4.69, 9.17) is 0 Å². The Labute approximate surface area is 288 Å². The zero-order valence-electron chi connectivity index (χ0n) is 28.0. The van der Waals surface area contributed by atoms with E-state index < -0.39 is 0 Å². The summed E-state index contributed by atoms with van der Waals surface area (Å²) in [5.41, 5.74) is 10.0. The highest BCUT2D eigenvalue weighted by Crippen LogP contribution is 2.46. The molecule has 49 heavy (non-hydrogen) atoms. The van der Waals surface area contributed by atoms with E-state index in [2.05, 4.69) is 170 Å². The van der Waals surface area contributed by atoms with Gasteiger partial charge in [0.25, 0.3) is 0 Å². The van der Waals surface area contributed by atoms with Crippen LogP contribution in [-0.4, -0.2) is 0 Å². The first-order chi connectivity index (χ1) is 24.2. The monoisotopic (exact) mass is 629 g/mol. The van der Waals surface area contributed by atoms with E-state index in [1.165, 1.54) is 103 Å². The van der Waals surface area contributed by atoms with Crippen molar-refractivity contribution in [3.05, 3.63) is 167 Å². The molecule has 0 amide bonds. The number of hydrogen-bond donors (Lipinski definition) is 0. The van der Waals surface area contributed by atoms with Gasteiger partial charge in [-0.2, -0.15) is 0 Å². The fraction of sp³-hybridized carbons (Fsp3) is 0.125. The van der Waals surface area contributed by atoms with Crippen LogP contribution in [0.1, 0.15) is 54.4 Å². The molecule has 0 spiro atoms. The molecule has 0 aliphatic heterocycles. The summed E-state index contributed by atoms with van der Waals surface area (Å²) in [6.07, 6.45) is 13.4. The van der Waals surface area contributed by atoms with Gasteiger partial charge in [-0.05, 0) is 117 Å². The van der Waals surface area contributed by atoms with Crippen molar-refractivity contribution >= 4 is 78.4 Å². The molecule has 1 nitrogen and oxygen atoms in total. The van der Waals surface area contributed by atoms with Gasteiger partial charge in [-0.15, -0.1) is 0 Å². The molecule has 0 saturated heterocycles. The number of benzene rings is 8. The minimum absolute atomic E-state index is 1.14. The first-order valence-corrected chi connectivity index (χ1v) is 17.7. The van der Waals surface area contributed by atoms with Gasteiger partial charge in [0.05, 0.1) is 5.69 Å². The molecule has 9 rings (SSSR count). The predicted molar refractivity (Wildman–Crippen MR) is 214 cm³/mol. The summed E-state index contributed by atoms with van der Waals surface area (Å²) in [5, 5.41) is 10.5. The number of rotatable bonds is 6. The number of allylic oxidation sites excluding steroid dienone is 1. The second kappa shape index (κ2) is 12.4. The van der Waals surface area contributed by atoms with Crippen LogP contribution in [0.5, 0.6) is 0 Å². The van der Waals surface area contributed by atoms with Gasteiger partial charge in [-0.3, -0.25) is 0 Å². The fourth-order valence-corrected chi connectivity index (χ4v) is 7.96. The molecule has 0 heterocycles. The topological polar surface area (TPSA) is 3.24 Å². The Morgan fingerprint density at radius 2 is 0.959 bits per heavy atom. The number of nitrogens with zero attached hydrogens (tertiary/aromatic N) is 1. The fourth-order valence-electron chi connectivity index (χ4n) is 7.96. The van der Waals surface area contributed by atoms with Gasteiger partial charge in [0, 0.05) is 16.8 Å². The van der Waals surface area contributed by atoms with E-state index in [1.54, 1.807) is 5.57 Å². The SMILES string of the molecule is Cc1ccc(N(c2ccc(C=Cc3ccc(C=C4CCCCC4)cc3)cc2)c2ccc3c4cccc5cccc(c6cccc2c63)c54)cc1. The highest BCUT2D eigenvalue weighted by atomic mass is 15.1. The van der Waals surface area contributed by atoms with Gasteiger partial charge >= 0.3 is 0 Å². The molecule has 8 aromatic rings. The van der Waals surface area contributed by atoms with Gasteiger partial charge in [0.1, 0.15) is 0 Å². The predicted octanol–water partition coefficient (Wildman–Crippen LogP) is 14.0. The van der Waals surface area contributed by atoms with Crippen LogP contribution in [-0.2, 0) is 0 Å². The summed E-state index contributed by atoms with van der Waals surface area (Å²) in [5.74, 6) is 0. The molecule has 236 valence electrons. The maximum atomic E-state index is 2.41. The standard InChI is InChI=1S/C48H39N/c1-33-16-26-39(27-17-33)49(40-28-24-35(25-29-40)19-18-34-20-22-37(23-21-34)32-36-8-3-2-4-9-36)46-31-30-44-42-13-6-11-38-10-5-12-41(47(38)42)43-14-7-15-45(46)48(43)44/h5-7,10-32H,2-4,8-9H2,1H3. The minimum Gasteiger partial charge on any atom is -0.310 e. The Balaban J connectivity index is 1.10. The van der Waals surface area contributed by atoms with E-state index >= 15 is 0 Å². The second-order valence-electron chi connectivity index (χ2n) is 13.7. The molecule has 1 fully saturated rings. The van der Waals surface area contributed by atoms with Gasteiger partial charge in [-0.1, -0.05) is 145 Å². The van der Waals surface area contributed by atoms with Gasteiger partial charge < -0.3 is 4.90 Å². The number of fused-ring (bicyclic) bond motifs is 2. The maximum Gasteiger partial charge on any atom is 0.0540 e. The molecule has 0 aromatic heterocycles. The summed E-state index contributed by atoms with van der Waals surface area (Å²) in [6, 6.07) is 51.7. The lowest BCUT2D eigenvalue weighted by Crippen LogP contribution is -2.10. The second-order valence-corrected chi connectivity index (χ2v) is 13.7. The lowest BCUT2D eigenvalue weighted by atomic mass is 9.89. The Morgan fingerprint density at radius 1 is 0.449 bits per heavy atom. The van der Waals surface area contributed by atoms with E-state index in [9.17, 15) is 0 Å². The van der Waals surface area contributed by atoms with Crippen molar-refractivity contribution in [1.82, 2.24) is 0 Å². The number of aryl methyl sites for hydroxylation is 1. The molecule has 1 aliphatic rings. The molecule has 1 saturated carbocycles. The van der Waals surface area contributed by atoms with Gasteiger partial charge in [0.2, 0.25) is 0 Å². The highest BCUT2D eigenvalue weighted by Gasteiger charge is 2.19. The van der Waals surface area contributed by atoms with Crippen molar-refractivity contribution in [1.29, 1.82) is 0 Å². The normalized spacial score (nSPS) is 13.7. The molecule has 8 aromatic carbocycles. The van der Waals surface area contributed by atoms with Crippen molar-refractivity contribution in [2.75, 3.05) is 4.90 Å². The molecule has 1 heteroatoms. The van der Waals surface area contributed by atoms with Crippen LogP contribution in [0.25, 0.3) is 61.3 Å². The number of anilines is 3. The van der Waals surface area contributed by atoms with E-state index in [1.807, 2.05) is 0 Å². The van der Waals surface area contributed by atoms with Crippen LogP contribution in [0, 0.1) is 6.92 Å². The summed E-state index contributed by atoms with van der Waals surface area (Å²) in [7, 11) is 0. The summed E-state index contributed by atoms with van der Waals surface area (Å²) >= 11 is 0. The van der Waals surface area contributed by atoms with Crippen molar-refractivity contribution in [3.63, 3.8) is 0 Å². The Bertz CT molecular complexity index is 2440. The first kappa shape index (κ1) is 29.5. The Kier molecular flexibility index (Phi) is 7.47. The lowest BCUT2D eigenvalue weighted by Gasteiger charge is -2.28. The van der Waals surface area contributed by atoms with Crippen LogP contribution in [0.4, 0.5) is 17.1 Å². The molecule has 0 radical (unpaired) electrons. The Hall–Kier alpha value is -5.66. The molecule has 1 aliphatic carbocycles. The summed E-state index contributed by atoms with van der Waals surface area (Å²) in [4.78, 5) is 2.41. The van der Waals surface area contributed by atoms with Crippen LogP contribution in [0.3, 0.4) is 0 Å². The van der Waals surface area contributed by atoms with Crippen molar-refractivity contribution in [2.24, 2.45) is 0 Å². The van der Waals surface area contributed by atoms with Crippen LogP contribution in [0.2, 0.25) is 0 Å². The molecular formula is C48H39N. The zero-order valence-corrected chi connectivity index (χ0v) is 28.0. The van der Waals surface area contributed by atoms with Crippen molar-refractivity contribution in [3.8, 4) is 0 Å². The van der Waals surface area contributed by atoms with Crippen molar-refractivity contribution < 1.29 is 0 Å². The molecule has 0 unspecified atom stereocenters. The van der Waals surface area contributed by atoms with Crippen LogP contribution >= 0.6 is 0 Å². The lowest BCUT2D eigenvalue weighted by molar-refractivity contribution is 0.602. The molecule has 0 bridgehead atoms. The molecule has 0 atom stereocenters. The quantitative estimate of drug-likeness (QED) is 0.100. The smallest absolute Gasteiger partial charge is 0.0540 e. The third-order valence-corrected chi connectivity index (χ3v) is 10.5. The minimum atomic E-state index is 1.14. The highest BCUT2D eigenvalue weighted by molar-refractivity contribution is 6.34. The largest absolute Gasteiger partial charge is 0.310 e. The first-order valence-electron chi connectivity index (χ1n) is 17.7.